The minimum atomic E-state index is -0.467. The van der Waals surface area contributed by atoms with E-state index in [1.807, 2.05) is 59.4 Å². The van der Waals surface area contributed by atoms with Gasteiger partial charge in [0.15, 0.2) is 5.58 Å². The molecule has 1 N–H and O–H groups in total. The number of fused-ring (bicyclic) bond motifs is 2. The minimum absolute atomic E-state index is 0.242. The lowest BCUT2D eigenvalue weighted by Gasteiger charge is -2.05. The second-order valence-electron chi connectivity index (χ2n) is 7.97. The second-order valence-corrected chi connectivity index (χ2v) is 7.97. The van der Waals surface area contributed by atoms with Gasteiger partial charge < -0.3 is 13.7 Å². The van der Waals surface area contributed by atoms with E-state index < -0.39 is 11.8 Å². The highest BCUT2D eigenvalue weighted by atomic mass is 16.5. The number of hydrogen-bond acceptors (Lipinski definition) is 5. The van der Waals surface area contributed by atoms with E-state index >= 15 is 0 Å². The first-order valence-corrected chi connectivity index (χ1v) is 10.7. The van der Waals surface area contributed by atoms with E-state index in [9.17, 15) is 9.59 Å². The molecule has 4 heterocycles. The highest BCUT2D eigenvalue weighted by Gasteiger charge is 2.36. The Morgan fingerprint density at radius 3 is 2.55 bits per heavy atom. The Morgan fingerprint density at radius 1 is 0.909 bits per heavy atom. The van der Waals surface area contributed by atoms with E-state index in [2.05, 4.69) is 20.0 Å². The Hall–Kier alpha value is -4.46. The number of nitrogens with one attached hydrogen (secondary N) is 1. The molecule has 0 radical (unpaired) electrons. The van der Waals surface area contributed by atoms with Gasteiger partial charge in [-0.05, 0) is 24.6 Å². The summed E-state index contributed by atoms with van der Waals surface area (Å²) in [6.07, 6.45) is 8.34. The van der Waals surface area contributed by atoms with Gasteiger partial charge in [0, 0.05) is 53.5 Å². The van der Waals surface area contributed by atoms with Gasteiger partial charge in [0.1, 0.15) is 5.69 Å². The zero-order valence-electron chi connectivity index (χ0n) is 17.6. The third-order valence-electron chi connectivity index (χ3n) is 5.98. The topological polar surface area (TPSA) is 95.0 Å². The number of aromatic nitrogens is 4. The van der Waals surface area contributed by atoms with Crippen molar-refractivity contribution in [2.75, 3.05) is 0 Å². The Morgan fingerprint density at radius 2 is 1.70 bits per heavy atom. The summed E-state index contributed by atoms with van der Waals surface area (Å²) < 4.78 is 9.58. The van der Waals surface area contributed by atoms with E-state index in [-0.39, 0.29) is 5.57 Å². The van der Waals surface area contributed by atoms with Gasteiger partial charge in [-0.2, -0.15) is 0 Å². The van der Waals surface area contributed by atoms with Crippen molar-refractivity contribution in [3.05, 3.63) is 84.7 Å². The molecule has 0 aliphatic carbocycles. The average molecular weight is 437 g/mol. The molecule has 8 nitrogen and oxygen atoms in total. The maximum absolute atomic E-state index is 13.0. The first kappa shape index (κ1) is 19.2. The molecule has 8 heteroatoms. The lowest BCUT2D eigenvalue weighted by molar-refractivity contribution is -0.122. The maximum Gasteiger partial charge on any atom is 0.261 e. The van der Waals surface area contributed by atoms with Crippen molar-refractivity contribution in [2.45, 2.75) is 19.5 Å². The van der Waals surface area contributed by atoms with Crippen LogP contribution in [0.15, 0.2) is 78.0 Å². The van der Waals surface area contributed by atoms with Crippen molar-refractivity contribution >= 4 is 44.8 Å². The van der Waals surface area contributed by atoms with Crippen LogP contribution in [0.4, 0.5) is 0 Å². The first-order chi connectivity index (χ1) is 16.2. The van der Waals surface area contributed by atoms with Gasteiger partial charge in [-0.15, -0.1) is 0 Å². The standard InChI is InChI=1S/C25H19N5O3/c31-24-21(22(25(32)27-24)23-17-7-2-4-9-20(17)33-28-23)18-14-30(19-8-3-1-6-16(18)19)12-5-11-29-13-10-26-15-29/h1-4,6-10,13-15H,5,11-12H2,(H,27,31,32). The predicted molar refractivity (Wildman–Crippen MR) is 123 cm³/mol. The van der Waals surface area contributed by atoms with Gasteiger partial charge in [0.25, 0.3) is 11.8 Å². The molecule has 0 saturated heterocycles. The third-order valence-corrected chi connectivity index (χ3v) is 5.98. The molecule has 3 aromatic heterocycles. The molecule has 2 amide bonds. The summed E-state index contributed by atoms with van der Waals surface area (Å²) in [7, 11) is 0. The molecule has 5 aromatic rings. The predicted octanol–water partition coefficient (Wildman–Crippen LogP) is 3.64. The molecule has 1 aliphatic rings. The SMILES string of the molecule is O=C1NC(=O)C(c2cn(CCCn3ccnc3)c3ccccc23)=C1c1noc2ccccc12. The van der Waals surface area contributed by atoms with Crippen LogP contribution < -0.4 is 5.32 Å². The Balaban J connectivity index is 1.48. The average Bonchev–Trinajstić information content (AvgIpc) is 3.60. The molecule has 0 spiro atoms. The van der Waals surface area contributed by atoms with Crippen molar-refractivity contribution < 1.29 is 14.1 Å². The van der Waals surface area contributed by atoms with E-state index in [4.69, 9.17) is 4.52 Å². The minimum Gasteiger partial charge on any atom is -0.356 e. The number of benzene rings is 2. The number of carbonyl (C=O) groups is 2. The van der Waals surface area contributed by atoms with Gasteiger partial charge in [0.2, 0.25) is 0 Å². The fourth-order valence-electron chi connectivity index (χ4n) is 4.48. The fraction of sp³-hybridized carbons (Fsp3) is 0.120. The van der Waals surface area contributed by atoms with Gasteiger partial charge in [-0.3, -0.25) is 14.9 Å². The Labute approximate surface area is 188 Å². The summed E-state index contributed by atoms with van der Waals surface area (Å²) in [5, 5.41) is 8.19. The van der Waals surface area contributed by atoms with Crippen molar-refractivity contribution in [1.82, 2.24) is 24.6 Å². The number of rotatable bonds is 6. The zero-order chi connectivity index (χ0) is 22.4. The van der Waals surface area contributed by atoms with Crippen LogP contribution in [0.3, 0.4) is 0 Å². The van der Waals surface area contributed by atoms with Gasteiger partial charge >= 0.3 is 0 Å². The summed E-state index contributed by atoms with van der Waals surface area (Å²) >= 11 is 0. The van der Waals surface area contributed by atoms with Crippen LogP contribution in [-0.2, 0) is 22.7 Å². The number of imidazole rings is 1. The molecule has 6 rings (SSSR count). The highest BCUT2D eigenvalue weighted by molar-refractivity contribution is 6.50. The summed E-state index contributed by atoms with van der Waals surface area (Å²) in [5.74, 6) is -0.894. The van der Waals surface area contributed by atoms with Gasteiger partial charge in [0.05, 0.1) is 17.5 Å². The lowest BCUT2D eigenvalue weighted by atomic mass is 9.97. The van der Waals surface area contributed by atoms with Crippen molar-refractivity contribution in [3.8, 4) is 0 Å². The number of carbonyl (C=O) groups excluding carboxylic acids is 2. The zero-order valence-corrected chi connectivity index (χ0v) is 17.6. The van der Waals surface area contributed by atoms with Crippen LogP contribution in [0, 0.1) is 0 Å². The van der Waals surface area contributed by atoms with Crippen LogP contribution in [-0.4, -0.2) is 31.1 Å². The molecule has 0 saturated carbocycles. The molecule has 2 aromatic carbocycles. The quantitative estimate of drug-likeness (QED) is 0.409. The van der Waals surface area contributed by atoms with Crippen molar-refractivity contribution in [2.24, 2.45) is 0 Å². The second kappa shape index (κ2) is 7.59. The first-order valence-electron chi connectivity index (χ1n) is 10.7. The van der Waals surface area contributed by atoms with Crippen molar-refractivity contribution in [3.63, 3.8) is 0 Å². The molecule has 0 bridgehead atoms. The molecule has 0 atom stereocenters. The van der Waals surface area contributed by atoms with E-state index in [1.54, 1.807) is 18.6 Å². The smallest absolute Gasteiger partial charge is 0.261 e. The maximum atomic E-state index is 13.0. The Kier molecular flexibility index (Phi) is 4.43. The van der Waals surface area contributed by atoms with Crippen LogP contribution in [0.2, 0.25) is 0 Å². The Bertz CT molecular complexity index is 1560. The summed E-state index contributed by atoms with van der Waals surface area (Å²) in [6.45, 7) is 1.59. The lowest BCUT2D eigenvalue weighted by Crippen LogP contribution is -2.22. The van der Waals surface area contributed by atoms with E-state index in [1.165, 1.54) is 0 Å². The molecule has 0 fully saturated rings. The van der Waals surface area contributed by atoms with Crippen LogP contribution in [0.25, 0.3) is 33.0 Å². The number of nitrogens with zero attached hydrogens (tertiary/aromatic N) is 4. The number of aryl methyl sites for hydroxylation is 2. The molecule has 0 unspecified atom stereocenters. The third kappa shape index (κ3) is 3.15. The number of amides is 2. The summed E-state index contributed by atoms with van der Waals surface area (Å²) in [5.41, 5.74) is 3.21. The van der Waals surface area contributed by atoms with E-state index in [0.29, 0.717) is 27.8 Å². The number of imide groups is 1. The van der Waals surface area contributed by atoms with Crippen LogP contribution in [0.1, 0.15) is 17.7 Å². The number of hydrogen-bond donors (Lipinski definition) is 1. The summed E-state index contributed by atoms with van der Waals surface area (Å²) in [6, 6.07) is 15.2. The summed E-state index contributed by atoms with van der Waals surface area (Å²) in [4.78, 5) is 29.9. The van der Waals surface area contributed by atoms with Gasteiger partial charge in [-0.25, -0.2) is 4.98 Å². The molecular formula is C25H19N5O3. The van der Waals surface area contributed by atoms with Gasteiger partial charge in [-0.1, -0.05) is 35.5 Å². The van der Waals surface area contributed by atoms with Crippen molar-refractivity contribution in [1.29, 1.82) is 0 Å². The molecule has 1 aliphatic heterocycles. The normalized spacial score (nSPS) is 14.1. The van der Waals surface area contributed by atoms with E-state index in [0.717, 1.165) is 30.4 Å². The monoisotopic (exact) mass is 437 g/mol. The highest BCUT2D eigenvalue weighted by Crippen LogP contribution is 2.37. The molecule has 162 valence electrons. The van der Waals surface area contributed by atoms with Crippen LogP contribution >= 0.6 is 0 Å². The number of para-hydroxylation sites is 2. The largest absolute Gasteiger partial charge is 0.356 e. The molecular weight excluding hydrogens is 418 g/mol. The van der Waals surface area contributed by atoms with Crippen LogP contribution in [0.5, 0.6) is 0 Å². The molecule has 33 heavy (non-hydrogen) atoms. The fourth-order valence-corrected chi connectivity index (χ4v) is 4.48.